The minimum atomic E-state index is -0.921. The number of nitrogens with zero attached hydrogens (tertiary/aromatic N) is 1. The van der Waals surface area contributed by atoms with Crippen molar-refractivity contribution in [3.8, 4) is 0 Å². The number of benzene rings is 1. The molecular formula is C15H20FNO2. The highest BCUT2D eigenvalue weighted by atomic mass is 19.1. The average molecular weight is 265 g/mol. The quantitative estimate of drug-likeness (QED) is 0.913. The van der Waals surface area contributed by atoms with Gasteiger partial charge in [-0.1, -0.05) is 6.07 Å². The number of rotatable bonds is 3. The first-order chi connectivity index (χ1) is 8.76. The van der Waals surface area contributed by atoms with Gasteiger partial charge in [0, 0.05) is 23.3 Å². The molecule has 0 saturated carbocycles. The van der Waals surface area contributed by atoms with Crippen molar-refractivity contribution in [1.82, 2.24) is 0 Å². The smallest absolute Gasteiger partial charge is 0.311 e. The van der Waals surface area contributed by atoms with Crippen molar-refractivity contribution in [2.75, 3.05) is 4.90 Å². The van der Waals surface area contributed by atoms with Crippen molar-refractivity contribution in [3.05, 3.63) is 29.6 Å². The normalized spacial score (nSPS) is 18.8. The van der Waals surface area contributed by atoms with E-state index in [1.165, 1.54) is 6.07 Å². The molecule has 19 heavy (non-hydrogen) atoms. The third kappa shape index (κ3) is 2.09. The summed E-state index contributed by atoms with van der Waals surface area (Å²) in [6.07, 6.45) is 0.444. The Morgan fingerprint density at radius 1 is 1.47 bits per heavy atom. The van der Waals surface area contributed by atoms with Crippen molar-refractivity contribution in [2.45, 2.75) is 46.2 Å². The van der Waals surface area contributed by atoms with E-state index in [-0.39, 0.29) is 17.9 Å². The van der Waals surface area contributed by atoms with E-state index in [1.54, 1.807) is 19.9 Å². The van der Waals surface area contributed by atoms with Gasteiger partial charge < -0.3 is 10.0 Å². The third-order valence-corrected chi connectivity index (χ3v) is 4.05. The molecule has 4 heteroatoms. The number of anilines is 1. The Kier molecular flexibility index (Phi) is 3.29. The van der Waals surface area contributed by atoms with E-state index in [4.69, 9.17) is 0 Å². The molecule has 1 aromatic rings. The second-order valence-electron chi connectivity index (χ2n) is 5.99. The highest BCUT2D eigenvalue weighted by Gasteiger charge is 2.46. The molecule has 0 aliphatic carbocycles. The lowest BCUT2D eigenvalue weighted by atomic mass is 9.82. The number of aliphatic carboxylic acids is 1. The topological polar surface area (TPSA) is 40.5 Å². The number of halogens is 1. The summed E-state index contributed by atoms with van der Waals surface area (Å²) in [4.78, 5) is 13.5. The van der Waals surface area contributed by atoms with Gasteiger partial charge >= 0.3 is 5.97 Å². The molecule has 1 aliphatic heterocycles. The van der Waals surface area contributed by atoms with E-state index in [0.29, 0.717) is 12.0 Å². The molecule has 1 unspecified atom stereocenters. The second-order valence-corrected chi connectivity index (χ2v) is 5.99. The van der Waals surface area contributed by atoms with Gasteiger partial charge in [0.05, 0.1) is 5.41 Å². The van der Waals surface area contributed by atoms with Crippen molar-refractivity contribution in [2.24, 2.45) is 5.41 Å². The third-order valence-electron chi connectivity index (χ3n) is 4.05. The molecule has 3 nitrogen and oxygen atoms in total. The maximum atomic E-state index is 13.9. The zero-order valence-electron chi connectivity index (χ0n) is 11.8. The van der Waals surface area contributed by atoms with Gasteiger partial charge in [0.25, 0.3) is 0 Å². The van der Waals surface area contributed by atoms with Gasteiger partial charge in [0.2, 0.25) is 0 Å². The lowest BCUT2D eigenvalue weighted by molar-refractivity contribution is -0.148. The number of hydrogen-bond donors (Lipinski definition) is 1. The summed E-state index contributed by atoms with van der Waals surface area (Å²) in [5.41, 5.74) is 0.542. The van der Waals surface area contributed by atoms with Crippen molar-refractivity contribution < 1.29 is 14.3 Å². The van der Waals surface area contributed by atoms with Crippen LogP contribution in [0.2, 0.25) is 0 Å². The van der Waals surface area contributed by atoms with Crippen LogP contribution in [0, 0.1) is 11.2 Å². The molecule has 0 spiro atoms. The molecule has 0 radical (unpaired) electrons. The highest BCUT2D eigenvalue weighted by molar-refractivity contribution is 5.77. The van der Waals surface area contributed by atoms with E-state index in [0.717, 1.165) is 5.69 Å². The van der Waals surface area contributed by atoms with Gasteiger partial charge in [-0.2, -0.15) is 0 Å². The molecule has 1 aromatic carbocycles. The fraction of sp³-hybridized carbons (Fsp3) is 0.533. The molecule has 1 heterocycles. The Balaban J connectivity index is 2.51. The summed E-state index contributed by atoms with van der Waals surface area (Å²) < 4.78 is 13.9. The summed E-state index contributed by atoms with van der Waals surface area (Å²) in [6, 6.07) is 4.90. The molecule has 0 amide bonds. The zero-order chi connectivity index (χ0) is 14.4. The van der Waals surface area contributed by atoms with Gasteiger partial charge in [-0.3, -0.25) is 4.79 Å². The van der Waals surface area contributed by atoms with Crippen LogP contribution in [-0.4, -0.2) is 23.2 Å². The molecule has 2 rings (SSSR count). The van der Waals surface area contributed by atoms with Crippen LogP contribution in [0.5, 0.6) is 0 Å². The minimum absolute atomic E-state index is 0.131. The average Bonchev–Trinajstić information content (AvgIpc) is 2.70. The monoisotopic (exact) mass is 265 g/mol. The number of carbonyl (C=O) groups is 1. The fourth-order valence-electron chi connectivity index (χ4n) is 2.83. The Morgan fingerprint density at radius 2 is 2.11 bits per heavy atom. The van der Waals surface area contributed by atoms with E-state index >= 15 is 0 Å². The SMILES string of the molecule is CC(C)N1c2cccc(F)c2CC1C(C)(C)C(=O)O. The van der Waals surface area contributed by atoms with Gasteiger partial charge in [0.15, 0.2) is 0 Å². The predicted octanol–water partition coefficient (Wildman–Crippen LogP) is 3.08. The van der Waals surface area contributed by atoms with Crippen molar-refractivity contribution in [3.63, 3.8) is 0 Å². The lowest BCUT2D eigenvalue weighted by Crippen LogP contribution is -2.50. The van der Waals surface area contributed by atoms with Gasteiger partial charge in [-0.15, -0.1) is 0 Å². The highest BCUT2D eigenvalue weighted by Crippen LogP contribution is 2.42. The Hall–Kier alpha value is -1.58. The number of fused-ring (bicyclic) bond motifs is 1. The largest absolute Gasteiger partial charge is 0.481 e. The molecular weight excluding hydrogens is 245 g/mol. The van der Waals surface area contributed by atoms with Crippen LogP contribution in [0.1, 0.15) is 33.3 Å². The Labute approximate surface area is 113 Å². The molecule has 0 fully saturated rings. The summed E-state index contributed by atoms with van der Waals surface area (Å²) >= 11 is 0. The van der Waals surface area contributed by atoms with E-state index in [9.17, 15) is 14.3 Å². The molecule has 1 aliphatic rings. The van der Waals surface area contributed by atoms with Crippen LogP contribution in [-0.2, 0) is 11.2 Å². The zero-order valence-corrected chi connectivity index (χ0v) is 11.8. The summed E-state index contributed by atoms with van der Waals surface area (Å²) in [5.74, 6) is -1.09. The molecule has 104 valence electrons. The standard InChI is InChI=1S/C15H20FNO2/c1-9(2)17-12-7-5-6-11(16)10(12)8-13(17)15(3,4)14(18)19/h5-7,9,13H,8H2,1-4H3,(H,18,19). The van der Waals surface area contributed by atoms with Crippen LogP contribution < -0.4 is 4.90 Å². The molecule has 0 bridgehead atoms. The van der Waals surface area contributed by atoms with E-state index in [1.807, 2.05) is 24.8 Å². The van der Waals surface area contributed by atoms with Crippen LogP contribution in [0.3, 0.4) is 0 Å². The van der Waals surface area contributed by atoms with Gasteiger partial charge in [0.1, 0.15) is 5.82 Å². The first-order valence-electron chi connectivity index (χ1n) is 6.56. The first kappa shape index (κ1) is 13.8. The van der Waals surface area contributed by atoms with E-state index < -0.39 is 11.4 Å². The fourth-order valence-corrected chi connectivity index (χ4v) is 2.83. The van der Waals surface area contributed by atoms with Gasteiger partial charge in [-0.25, -0.2) is 4.39 Å². The second kappa shape index (κ2) is 4.51. The van der Waals surface area contributed by atoms with Crippen LogP contribution >= 0.6 is 0 Å². The van der Waals surface area contributed by atoms with Gasteiger partial charge in [-0.05, 0) is 46.2 Å². The van der Waals surface area contributed by atoms with E-state index in [2.05, 4.69) is 0 Å². The Bertz CT molecular complexity index is 511. The maximum absolute atomic E-state index is 13.9. The molecule has 1 atom stereocenters. The van der Waals surface area contributed by atoms with Crippen molar-refractivity contribution >= 4 is 11.7 Å². The molecule has 0 saturated heterocycles. The summed E-state index contributed by atoms with van der Waals surface area (Å²) in [7, 11) is 0. The molecule has 0 aromatic heterocycles. The lowest BCUT2D eigenvalue weighted by Gasteiger charge is -2.39. The van der Waals surface area contributed by atoms with Crippen LogP contribution in [0.25, 0.3) is 0 Å². The predicted molar refractivity (Wildman–Crippen MR) is 72.9 cm³/mol. The summed E-state index contributed by atoms with van der Waals surface area (Å²) in [5, 5.41) is 9.43. The number of carboxylic acid groups (broad SMARTS) is 1. The first-order valence-corrected chi connectivity index (χ1v) is 6.56. The number of carboxylic acids is 1. The molecule has 1 N–H and O–H groups in total. The van der Waals surface area contributed by atoms with Crippen molar-refractivity contribution in [1.29, 1.82) is 0 Å². The maximum Gasteiger partial charge on any atom is 0.311 e. The summed E-state index contributed by atoms with van der Waals surface area (Å²) in [6.45, 7) is 7.42. The minimum Gasteiger partial charge on any atom is -0.481 e. The van der Waals surface area contributed by atoms with Crippen LogP contribution in [0.15, 0.2) is 18.2 Å². The number of hydrogen-bond acceptors (Lipinski definition) is 2. The van der Waals surface area contributed by atoms with Crippen LogP contribution in [0.4, 0.5) is 10.1 Å². The Morgan fingerprint density at radius 3 is 2.63 bits per heavy atom.